The number of nitrogens with two attached hydrogens (primary N) is 1. The van der Waals surface area contributed by atoms with Gasteiger partial charge in [0.05, 0.1) is 17.5 Å². The normalized spacial score (nSPS) is 25.1. The zero-order chi connectivity index (χ0) is 14.4. The number of imide groups is 1. The van der Waals surface area contributed by atoms with Crippen molar-refractivity contribution in [1.29, 1.82) is 0 Å². The minimum atomic E-state index is -0.135. The van der Waals surface area contributed by atoms with Gasteiger partial charge in [-0.15, -0.1) is 0 Å². The van der Waals surface area contributed by atoms with Crippen LogP contribution in [0, 0.1) is 11.8 Å². The Hall–Kier alpha value is -1.27. The first kappa shape index (κ1) is 13.7. The monoisotopic (exact) mass is 352 g/mol. The van der Waals surface area contributed by atoms with Crippen molar-refractivity contribution in [3.05, 3.63) is 28.2 Å². The highest BCUT2D eigenvalue weighted by Crippen LogP contribution is 2.43. The fraction of sp³-hybridized carbons (Fsp3) is 0.357. The van der Waals surface area contributed by atoms with Gasteiger partial charge >= 0.3 is 0 Å². The Morgan fingerprint density at radius 2 is 1.85 bits per heavy atom. The molecule has 104 valence electrons. The highest BCUT2D eigenvalue weighted by molar-refractivity contribution is 9.10. The fourth-order valence-corrected chi connectivity index (χ4v) is 3.75. The lowest BCUT2D eigenvalue weighted by atomic mass is 10.00. The van der Waals surface area contributed by atoms with Crippen LogP contribution in [-0.4, -0.2) is 16.8 Å². The zero-order valence-electron chi connectivity index (χ0n) is 10.6. The van der Waals surface area contributed by atoms with Gasteiger partial charge < -0.3 is 5.73 Å². The van der Waals surface area contributed by atoms with Crippen LogP contribution in [0.5, 0.6) is 0 Å². The Kier molecular flexibility index (Phi) is 3.38. The summed E-state index contributed by atoms with van der Waals surface area (Å²) in [4.78, 5) is 26.4. The predicted octanol–water partition coefficient (Wildman–Crippen LogP) is 2.37. The summed E-state index contributed by atoms with van der Waals surface area (Å²) in [6.45, 7) is 0. The lowest BCUT2D eigenvalue weighted by Crippen LogP contribution is -2.32. The molecule has 2 atom stereocenters. The molecule has 1 saturated heterocycles. The molecular weight excluding hydrogens is 340 g/mol. The Balaban J connectivity index is 1.99. The second kappa shape index (κ2) is 4.93. The smallest absolute Gasteiger partial charge is 0.237 e. The quantitative estimate of drug-likeness (QED) is 0.655. The lowest BCUT2D eigenvalue weighted by molar-refractivity contribution is -0.122. The standard InChI is InChI=1S/C14H13BrN2O2S/c15-10-6-7(12(16)20)4-5-11(10)17-13(18)8-2-1-3-9(8)14(17)19/h4-6,8-9H,1-3H2,(H2,16,20). The van der Waals surface area contributed by atoms with Gasteiger partial charge in [-0.3, -0.25) is 9.59 Å². The second-order valence-electron chi connectivity index (χ2n) is 5.19. The summed E-state index contributed by atoms with van der Waals surface area (Å²) in [6.07, 6.45) is 2.59. The lowest BCUT2D eigenvalue weighted by Gasteiger charge is -2.18. The summed E-state index contributed by atoms with van der Waals surface area (Å²) in [5.41, 5.74) is 6.86. The number of anilines is 1. The Morgan fingerprint density at radius 3 is 2.35 bits per heavy atom. The van der Waals surface area contributed by atoms with Crippen molar-refractivity contribution in [3.63, 3.8) is 0 Å². The highest BCUT2D eigenvalue weighted by atomic mass is 79.9. The first-order valence-corrected chi connectivity index (χ1v) is 7.68. The molecule has 20 heavy (non-hydrogen) atoms. The maximum Gasteiger partial charge on any atom is 0.237 e. The molecule has 0 bridgehead atoms. The van der Waals surface area contributed by atoms with E-state index < -0.39 is 0 Å². The van der Waals surface area contributed by atoms with Gasteiger partial charge in [-0.2, -0.15) is 0 Å². The second-order valence-corrected chi connectivity index (χ2v) is 6.48. The van der Waals surface area contributed by atoms with Gasteiger partial charge in [-0.25, -0.2) is 4.90 Å². The number of hydrogen-bond donors (Lipinski definition) is 1. The molecule has 1 saturated carbocycles. The van der Waals surface area contributed by atoms with Crippen LogP contribution in [0.15, 0.2) is 22.7 Å². The molecule has 1 aliphatic heterocycles. The van der Waals surface area contributed by atoms with Crippen molar-refractivity contribution in [1.82, 2.24) is 0 Å². The molecule has 0 radical (unpaired) electrons. The van der Waals surface area contributed by atoms with Crippen molar-refractivity contribution in [2.75, 3.05) is 4.90 Å². The third-order valence-electron chi connectivity index (χ3n) is 4.06. The van der Waals surface area contributed by atoms with Crippen LogP contribution in [0.4, 0.5) is 5.69 Å². The van der Waals surface area contributed by atoms with Gasteiger partial charge in [0.1, 0.15) is 4.99 Å². The van der Waals surface area contributed by atoms with E-state index in [1.54, 1.807) is 18.2 Å². The molecule has 2 amide bonds. The molecule has 1 aromatic rings. The van der Waals surface area contributed by atoms with Gasteiger partial charge in [0.25, 0.3) is 0 Å². The maximum atomic E-state index is 12.4. The van der Waals surface area contributed by atoms with Crippen LogP contribution in [-0.2, 0) is 9.59 Å². The van der Waals surface area contributed by atoms with E-state index in [9.17, 15) is 9.59 Å². The largest absolute Gasteiger partial charge is 0.389 e. The van der Waals surface area contributed by atoms with Crippen LogP contribution < -0.4 is 10.6 Å². The number of halogens is 1. The minimum Gasteiger partial charge on any atom is -0.389 e. The van der Waals surface area contributed by atoms with Gasteiger partial charge in [0.2, 0.25) is 11.8 Å². The highest BCUT2D eigenvalue weighted by Gasteiger charge is 2.50. The van der Waals surface area contributed by atoms with Crippen molar-refractivity contribution in [2.24, 2.45) is 17.6 Å². The Bertz CT molecular complexity index is 610. The molecule has 0 aromatic heterocycles. The molecule has 2 aliphatic rings. The summed E-state index contributed by atoms with van der Waals surface area (Å²) in [5, 5.41) is 0. The number of rotatable bonds is 2. The third kappa shape index (κ3) is 1.98. The first-order chi connectivity index (χ1) is 9.50. The van der Waals surface area contributed by atoms with Crippen LogP contribution in [0.2, 0.25) is 0 Å². The van der Waals surface area contributed by atoms with E-state index in [2.05, 4.69) is 15.9 Å². The molecule has 2 N–H and O–H groups in total. The summed E-state index contributed by atoms with van der Waals surface area (Å²) < 4.78 is 0.657. The van der Waals surface area contributed by atoms with E-state index in [4.69, 9.17) is 18.0 Å². The number of carbonyl (C=O) groups excluding carboxylic acids is 2. The van der Waals surface area contributed by atoms with Crippen molar-refractivity contribution < 1.29 is 9.59 Å². The van der Waals surface area contributed by atoms with E-state index in [1.807, 2.05) is 0 Å². The predicted molar refractivity (Wildman–Crippen MR) is 83.4 cm³/mol. The Morgan fingerprint density at radius 1 is 1.25 bits per heavy atom. The number of thiocarbonyl (C=S) groups is 1. The summed E-state index contributed by atoms with van der Waals surface area (Å²) in [7, 11) is 0. The molecule has 3 rings (SSSR count). The third-order valence-corrected chi connectivity index (χ3v) is 4.94. The van der Waals surface area contributed by atoms with E-state index in [-0.39, 0.29) is 28.6 Å². The van der Waals surface area contributed by atoms with Gasteiger partial charge in [0, 0.05) is 10.0 Å². The van der Waals surface area contributed by atoms with Crippen molar-refractivity contribution >= 4 is 50.6 Å². The van der Waals surface area contributed by atoms with Gasteiger partial charge in [-0.1, -0.05) is 18.6 Å². The number of benzene rings is 1. The number of carbonyl (C=O) groups is 2. The molecule has 2 unspecified atom stereocenters. The molecular formula is C14H13BrN2O2S. The summed E-state index contributed by atoms with van der Waals surface area (Å²) >= 11 is 8.32. The summed E-state index contributed by atoms with van der Waals surface area (Å²) in [5.74, 6) is -0.433. The van der Waals surface area contributed by atoms with Crippen LogP contribution in [0.25, 0.3) is 0 Å². The Labute approximate surface area is 130 Å². The number of amides is 2. The van der Waals surface area contributed by atoms with Crippen LogP contribution >= 0.6 is 28.1 Å². The topological polar surface area (TPSA) is 63.4 Å². The van der Waals surface area contributed by atoms with Gasteiger partial charge in [0.15, 0.2) is 0 Å². The number of fused-ring (bicyclic) bond motifs is 1. The van der Waals surface area contributed by atoms with Gasteiger partial charge in [-0.05, 0) is 47.0 Å². The molecule has 4 nitrogen and oxygen atoms in total. The first-order valence-electron chi connectivity index (χ1n) is 6.48. The van der Waals surface area contributed by atoms with E-state index in [1.165, 1.54) is 4.90 Å². The summed E-state index contributed by atoms with van der Waals surface area (Å²) in [6, 6.07) is 5.19. The molecule has 2 fully saturated rings. The average molecular weight is 353 g/mol. The molecule has 6 heteroatoms. The molecule has 1 aromatic carbocycles. The van der Waals surface area contributed by atoms with E-state index in [0.29, 0.717) is 15.7 Å². The van der Waals surface area contributed by atoms with E-state index >= 15 is 0 Å². The zero-order valence-corrected chi connectivity index (χ0v) is 13.0. The number of nitrogens with zero attached hydrogens (tertiary/aromatic N) is 1. The fourth-order valence-electron chi connectivity index (χ4n) is 3.07. The average Bonchev–Trinajstić information content (AvgIpc) is 2.96. The maximum absolute atomic E-state index is 12.4. The van der Waals surface area contributed by atoms with E-state index in [0.717, 1.165) is 19.3 Å². The minimum absolute atomic E-state index is 0.0822. The molecule has 0 spiro atoms. The molecule has 1 aliphatic carbocycles. The van der Waals surface area contributed by atoms with Crippen molar-refractivity contribution in [2.45, 2.75) is 19.3 Å². The SMILES string of the molecule is NC(=S)c1ccc(N2C(=O)C3CCCC3C2=O)c(Br)c1. The van der Waals surface area contributed by atoms with Crippen LogP contribution in [0.3, 0.4) is 0 Å². The van der Waals surface area contributed by atoms with Crippen molar-refractivity contribution in [3.8, 4) is 0 Å². The molecule has 1 heterocycles. The van der Waals surface area contributed by atoms with Crippen LogP contribution in [0.1, 0.15) is 24.8 Å². The number of hydrogen-bond acceptors (Lipinski definition) is 3.